The Morgan fingerprint density at radius 2 is 1.71 bits per heavy atom. The van der Waals surface area contributed by atoms with Crippen molar-refractivity contribution in [2.24, 2.45) is 5.92 Å². The smallest absolute Gasteiger partial charge is 0.306 e. The SMILES string of the molecule is O=C(NCCNC(=O)C1Cc2c(Cl)cccc2S1)c1ccc(OC2CCC(C(=O)O)CC2)cc1. The highest BCUT2D eigenvalue weighted by Crippen LogP contribution is 2.40. The van der Waals surface area contributed by atoms with E-state index in [2.05, 4.69) is 10.6 Å². The molecule has 0 saturated heterocycles. The van der Waals surface area contributed by atoms with Gasteiger partial charge in [-0.1, -0.05) is 17.7 Å². The second-order valence-corrected chi connectivity index (χ2v) is 10.2. The third-order valence-electron chi connectivity index (χ3n) is 6.18. The van der Waals surface area contributed by atoms with Crippen molar-refractivity contribution in [2.75, 3.05) is 13.1 Å². The topological polar surface area (TPSA) is 105 Å². The Morgan fingerprint density at radius 3 is 2.38 bits per heavy atom. The first kappa shape index (κ1) is 24.4. The van der Waals surface area contributed by atoms with Crippen LogP contribution in [-0.4, -0.2) is 47.3 Å². The van der Waals surface area contributed by atoms with E-state index < -0.39 is 5.97 Å². The summed E-state index contributed by atoms with van der Waals surface area (Å²) in [5, 5.41) is 15.3. The summed E-state index contributed by atoms with van der Waals surface area (Å²) in [4.78, 5) is 37.0. The van der Waals surface area contributed by atoms with Crippen molar-refractivity contribution in [1.29, 1.82) is 0 Å². The van der Waals surface area contributed by atoms with Gasteiger partial charge in [-0.15, -0.1) is 11.8 Å². The molecule has 180 valence electrons. The van der Waals surface area contributed by atoms with Gasteiger partial charge in [0, 0.05) is 28.6 Å². The fourth-order valence-corrected chi connectivity index (χ4v) is 5.80. The average molecular weight is 503 g/mol. The lowest BCUT2D eigenvalue weighted by Gasteiger charge is -2.26. The van der Waals surface area contributed by atoms with Crippen LogP contribution in [0.15, 0.2) is 47.4 Å². The van der Waals surface area contributed by atoms with Gasteiger partial charge in [0.2, 0.25) is 5.91 Å². The van der Waals surface area contributed by atoms with E-state index >= 15 is 0 Å². The van der Waals surface area contributed by atoms with Crippen LogP contribution in [-0.2, 0) is 16.0 Å². The molecule has 0 spiro atoms. The lowest BCUT2D eigenvalue weighted by molar-refractivity contribution is -0.143. The Kier molecular flexibility index (Phi) is 8.00. The van der Waals surface area contributed by atoms with Crippen molar-refractivity contribution in [3.8, 4) is 5.75 Å². The number of benzene rings is 2. The molecule has 1 aliphatic heterocycles. The molecule has 0 aromatic heterocycles. The number of rotatable bonds is 8. The molecule has 3 N–H and O–H groups in total. The zero-order valence-corrected chi connectivity index (χ0v) is 20.2. The van der Waals surface area contributed by atoms with Gasteiger partial charge in [-0.25, -0.2) is 0 Å². The van der Waals surface area contributed by atoms with Crippen molar-refractivity contribution in [1.82, 2.24) is 10.6 Å². The number of carbonyl (C=O) groups excluding carboxylic acids is 2. The minimum Gasteiger partial charge on any atom is -0.490 e. The number of aliphatic carboxylic acids is 1. The number of ether oxygens (including phenoxy) is 1. The highest BCUT2D eigenvalue weighted by atomic mass is 35.5. The van der Waals surface area contributed by atoms with Gasteiger partial charge in [0.25, 0.3) is 5.91 Å². The number of hydrogen-bond acceptors (Lipinski definition) is 5. The van der Waals surface area contributed by atoms with Crippen molar-refractivity contribution >= 4 is 41.1 Å². The van der Waals surface area contributed by atoms with Crippen LogP contribution in [0.25, 0.3) is 0 Å². The third-order valence-corrected chi connectivity index (χ3v) is 7.84. The zero-order chi connectivity index (χ0) is 24.1. The molecule has 0 radical (unpaired) electrons. The molecule has 1 unspecified atom stereocenters. The second-order valence-electron chi connectivity index (χ2n) is 8.53. The molecular formula is C25H27ClN2O5S. The maximum atomic E-state index is 12.5. The molecule has 0 bridgehead atoms. The van der Waals surface area contributed by atoms with Gasteiger partial charge in [-0.3, -0.25) is 14.4 Å². The maximum absolute atomic E-state index is 12.5. The minimum absolute atomic E-state index is 0.000682. The van der Waals surface area contributed by atoms with Crippen LogP contribution >= 0.6 is 23.4 Å². The van der Waals surface area contributed by atoms with E-state index in [9.17, 15) is 14.4 Å². The van der Waals surface area contributed by atoms with Crippen LogP contribution in [0, 0.1) is 5.92 Å². The van der Waals surface area contributed by atoms with Gasteiger partial charge in [-0.2, -0.15) is 0 Å². The summed E-state index contributed by atoms with van der Waals surface area (Å²) < 4.78 is 5.94. The number of carboxylic acids is 1. The number of fused-ring (bicyclic) bond motifs is 1. The molecular weight excluding hydrogens is 476 g/mol. The number of hydrogen-bond donors (Lipinski definition) is 3. The predicted molar refractivity (Wildman–Crippen MR) is 131 cm³/mol. The highest BCUT2D eigenvalue weighted by Gasteiger charge is 2.29. The summed E-state index contributed by atoms with van der Waals surface area (Å²) in [6.45, 7) is 0.659. The van der Waals surface area contributed by atoms with Crippen LogP contribution in [0.5, 0.6) is 5.75 Å². The first-order valence-corrected chi connectivity index (χ1v) is 12.7. The Morgan fingerprint density at radius 1 is 1.00 bits per heavy atom. The van der Waals surface area contributed by atoms with Gasteiger partial charge in [0.15, 0.2) is 0 Å². The summed E-state index contributed by atoms with van der Waals surface area (Å²) in [5.74, 6) is -0.635. The molecule has 9 heteroatoms. The molecule has 1 aliphatic carbocycles. The van der Waals surface area contributed by atoms with Crippen LogP contribution in [0.3, 0.4) is 0 Å². The van der Waals surface area contributed by atoms with Crippen molar-refractivity contribution in [2.45, 2.75) is 48.4 Å². The van der Waals surface area contributed by atoms with E-state index in [-0.39, 0.29) is 29.1 Å². The molecule has 1 saturated carbocycles. The molecule has 4 rings (SSSR count). The summed E-state index contributed by atoms with van der Waals surface area (Å²) in [7, 11) is 0. The molecule has 1 atom stereocenters. The molecule has 7 nitrogen and oxygen atoms in total. The molecule has 1 fully saturated rings. The highest BCUT2D eigenvalue weighted by molar-refractivity contribution is 8.01. The first-order valence-electron chi connectivity index (χ1n) is 11.4. The van der Waals surface area contributed by atoms with E-state index in [1.54, 1.807) is 24.3 Å². The molecule has 2 aromatic carbocycles. The molecule has 2 amide bonds. The minimum atomic E-state index is -0.735. The van der Waals surface area contributed by atoms with Crippen LogP contribution in [0.4, 0.5) is 0 Å². The number of carbonyl (C=O) groups is 3. The number of nitrogens with one attached hydrogen (secondary N) is 2. The van der Waals surface area contributed by atoms with Gasteiger partial charge >= 0.3 is 5.97 Å². The lowest BCUT2D eigenvalue weighted by Crippen LogP contribution is -2.38. The zero-order valence-electron chi connectivity index (χ0n) is 18.6. The Hall–Kier alpha value is -2.71. The number of amides is 2. The standard InChI is InChI=1S/C25H27ClN2O5S/c26-20-2-1-3-21-19(20)14-22(34-21)24(30)28-13-12-27-23(29)15-4-8-17(9-5-15)33-18-10-6-16(7-11-18)25(31)32/h1-5,8-9,16,18,22H,6-7,10-14H2,(H,27,29)(H,28,30)(H,31,32). The average Bonchev–Trinajstić information content (AvgIpc) is 3.28. The fourth-order valence-electron chi connectivity index (χ4n) is 4.26. The van der Waals surface area contributed by atoms with Crippen LogP contribution in [0.1, 0.15) is 41.6 Å². The predicted octanol–water partition coefficient (Wildman–Crippen LogP) is 3.93. The summed E-state index contributed by atoms with van der Waals surface area (Å²) >= 11 is 7.73. The van der Waals surface area contributed by atoms with E-state index in [0.29, 0.717) is 61.5 Å². The van der Waals surface area contributed by atoms with Crippen molar-refractivity contribution in [3.05, 3.63) is 58.6 Å². The number of carboxylic acid groups (broad SMARTS) is 1. The molecule has 1 heterocycles. The number of halogens is 1. The fraction of sp³-hybridized carbons (Fsp3) is 0.400. The van der Waals surface area contributed by atoms with Crippen LogP contribution < -0.4 is 15.4 Å². The maximum Gasteiger partial charge on any atom is 0.306 e. The normalized spacial score (nSPS) is 21.4. The molecule has 2 aliphatic rings. The van der Waals surface area contributed by atoms with Crippen molar-refractivity contribution < 1.29 is 24.2 Å². The quantitative estimate of drug-likeness (QED) is 0.472. The Bertz CT molecular complexity index is 1050. The summed E-state index contributed by atoms with van der Waals surface area (Å²) in [6, 6.07) is 12.6. The number of thioether (sulfide) groups is 1. The van der Waals surface area contributed by atoms with Gasteiger partial charge in [-0.05, 0) is 74.1 Å². The Labute approximate surface area is 207 Å². The van der Waals surface area contributed by atoms with Crippen molar-refractivity contribution in [3.63, 3.8) is 0 Å². The summed E-state index contributed by atoms with van der Waals surface area (Å²) in [6.07, 6.45) is 3.27. The second kappa shape index (κ2) is 11.1. The third kappa shape index (κ3) is 6.04. The van der Waals surface area contributed by atoms with Gasteiger partial charge in [0.05, 0.1) is 17.3 Å². The van der Waals surface area contributed by atoms with E-state index in [0.717, 1.165) is 10.5 Å². The monoisotopic (exact) mass is 502 g/mol. The van der Waals surface area contributed by atoms with E-state index in [4.69, 9.17) is 21.4 Å². The first-order chi connectivity index (χ1) is 16.4. The largest absolute Gasteiger partial charge is 0.490 e. The summed E-state index contributed by atoms with van der Waals surface area (Å²) in [5.41, 5.74) is 1.52. The van der Waals surface area contributed by atoms with E-state index in [1.165, 1.54) is 11.8 Å². The van der Waals surface area contributed by atoms with Gasteiger partial charge < -0.3 is 20.5 Å². The molecule has 34 heavy (non-hydrogen) atoms. The Balaban J connectivity index is 1.16. The van der Waals surface area contributed by atoms with Gasteiger partial charge in [0.1, 0.15) is 5.75 Å². The molecule has 2 aromatic rings. The van der Waals surface area contributed by atoms with E-state index in [1.807, 2.05) is 18.2 Å². The van der Waals surface area contributed by atoms with Crippen LogP contribution in [0.2, 0.25) is 5.02 Å². The lowest BCUT2D eigenvalue weighted by atomic mass is 9.87.